The van der Waals surface area contributed by atoms with Gasteiger partial charge < -0.3 is 19.1 Å². The van der Waals surface area contributed by atoms with E-state index in [0.717, 1.165) is 36.3 Å². The third-order valence-electron chi connectivity index (χ3n) is 6.25. The van der Waals surface area contributed by atoms with Crippen LogP contribution in [-0.4, -0.2) is 41.8 Å². The molecular formula is C31H35NO5S. The Kier molecular flexibility index (Phi) is 10.1. The van der Waals surface area contributed by atoms with Crippen molar-refractivity contribution in [1.29, 1.82) is 0 Å². The van der Waals surface area contributed by atoms with E-state index in [1.54, 1.807) is 43.0 Å². The number of ether oxygens (including phenoxy) is 3. The molecule has 3 aromatic rings. The molecule has 1 heterocycles. The maximum absolute atomic E-state index is 13.4. The zero-order valence-electron chi connectivity index (χ0n) is 22.0. The topological polar surface area (TPSA) is 65.1 Å². The lowest BCUT2D eigenvalue weighted by Crippen LogP contribution is -2.32. The largest absolute Gasteiger partial charge is 0.494 e. The quantitative estimate of drug-likeness (QED) is 0.170. The number of rotatable bonds is 13. The minimum Gasteiger partial charge on any atom is -0.494 e. The number of unbranched alkanes of at least 4 members (excludes halogenated alkanes) is 1. The van der Waals surface area contributed by atoms with Gasteiger partial charge in [-0.1, -0.05) is 50.1 Å². The molecule has 7 heteroatoms. The average molecular weight is 534 g/mol. The van der Waals surface area contributed by atoms with E-state index in [4.69, 9.17) is 14.2 Å². The number of carbonyl (C=O) groups is 2. The maximum atomic E-state index is 13.4. The van der Waals surface area contributed by atoms with Crippen molar-refractivity contribution in [3.05, 3.63) is 90.0 Å². The number of esters is 1. The van der Waals surface area contributed by atoms with Crippen molar-refractivity contribution in [1.82, 2.24) is 4.90 Å². The molecule has 6 nitrogen and oxygen atoms in total. The summed E-state index contributed by atoms with van der Waals surface area (Å²) in [6.45, 7) is 5.35. The zero-order valence-corrected chi connectivity index (χ0v) is 22.8. The predicted octanol–water partition coefficient (Wildman–Crippen LogP) is 7.26. The lowest BCUT2D eigenvalue weighted by molar-refractivity contribution is -0.130. The van der Waals surface area contributed by atoms with Crippen LogP contribution in [0.25, 0.3) is 0 Å². The second-order valence-electron chi connectivity index (χ2n) is 9.09. The molecule has 0 unspecified atom stereocenters. The molecule has 1 amide bonds. The first kappa shape index (κ1) is 27.6. The van der Waals surface area contributed by atoms with Gasteiger partial charge in [-0.05, 0) is 73.9 Å². The van der Waals surface area contributed by atoms with E-state index in [9.17, 15) is 9.59 Å². The number of carbonyl (C=O) groups excluding carboxylic acids is 2. The lowest BCUT2D eigenvalue weighted by atomic mass is 10.1. The molecule has 38 heavy (non-hydrogen) atoms. The van der Waals surface area contributed by atoms with Gasteiger partial charge in [-0.2, -0.15) is 0 Å². The monoisotopic (exact) mass is 533 g/mol. The van der Waals surface area contributed by atoms with Gasteiger partial charge >= 0.3 is 5.97 Å². The maximum Gasteiger partial charge on any atom is 0.338 e. The van der Waals surface area contributed by atoms with Crippen molar-refractivity contribution in [2.75, 3.05) is 19.8 Å². The number of benzene rings is 3. The van der Waals surface area contributed by atoms with Crippen LogP contribution in [0, 0.1) is 0 Å². The van der Waals surface area contributed by atoms with Crippen LogP contribution in [0.1, 0.15) is 60.8 Å². The van der Waals surface area contributed by atoms with Crippen LogP contribution in [0.4, 0.5) is 0 Å². The first-order chi connectivity index (χ1) is 18.6. The van der Waals surface area contributed by atoms with Crippen LogP contribution in [0.3, 0.4) is 0 Å². The minimum atomic E-state index is -0.342. The highest BCUT2D eigenvalue weighted by molar-refractivity contribution is 8.01. The Hall–Kier alpha value is -3.45. The molecule has 1 saturated heterocycles. The molecule has 200 valence electrons. The van der Waals surface area contributed by atoms with Gasteiger partial charge in [-0.15, -0.1) is 11.8 Å². The molecule has 3 aromatic carbocycles. The Balaban J connectivity index is 1.39. The number of para-hydroxylation sites is 1. The number of nitrogens with zero attached hydrogens (tertiary/aromatic N) is 1. The Labute approximate surface area is 229 Å². The van der Waals surface area contributed by atoms with E-state index in [1.807, 2.05) is 53.4 Å². The van der Waals surface area contributed by atoms with E-state index in [2.05, 4.69) is 13.0 Å². The highest BCUT2D eigenvalue weighted by atomic mass is 32.2. The summed E-state index contributed by atoms with van der Waals surface area (Å²) in [6.07, 6.45) is 3.68. The molecule has 0 spiro atoms. The van der Waals surface area contributed by atoms with Gasteiger partial charge in [0.05, 0.1) is 24.0 Å². The fraction of sp³-hybridized carbons (Fsp3) is 0.355. The highest BCUT2D eigenvalue weighted by Crippen LogP contribution is 2.45. The standard InChI is InChI=1S/C31H35NO5S/c1-3-5-15-28-29(33)32(20-10-21-36-25-18-16-23(17-19-25)31(34)35-4-2)30(38-28)24-11-9-14-27(22-24)37-26-12-7-6-8-13-26/h6-9,11-14,16-19,22,28,30H,3-5,10,15,20-21H2,1-2H3/t28-,30-/m1/s1. The molecule has 1 fully saturated rings. The molecule has 0 N–H and O–H groups in total. The Morgan fingerprint density at radius 2 is 1.66 bits per heavy atom. The van der Waals surface area contributed by atoms with Gasteiger partial charge in [0.2, 0.25) is 5.91 Å². The number of amides is 1. The minimum absolute atomic E-state index is 0.0324. The normalized spacial score (nSPS) is 16.9. The van der Waals surface area contributed by atoms with Gasteiger partial charge in [0.25, 0.3) is 0 Å². The van der Waals surface area contributed by atoms with Crippen LogP contribution in [0.5, 0.6) is 17.2 Å². The van der Waals surface area contributed by atoms with Crippen molar-refractivity contribution in [3.63, 3.8) is 0 Å². The van der Waals surface area contributed by atoms with Crippen molar-refractivity contribution in [2.24, 2.45) is 0 Å². The van der Waals surface area contributed by atoms with Gasteiger partial charge in [0, 0.05) is 6.54 Å². The predicted molar refractivity (Wildman–Crippen MR) is 151 cm³/mol. The summed E-state index contributed by atoms with van der Waals surface area (Å²) >= 11 is 1.73. The third kappa shape index (κ3) is 7.32. The Morgan fingerprint density at radius 3 is 2.39 bits per heavy atom. The van der Waals surface area contributed by atoms with E-state index < -0.39 is 0 Å². The summed E-state index contributed by atoms with van der Waals surface area (Å²) in [6, 6.07) is 24.7. The summed E-state index contributed by atoms with van der Waals surface area (Å²) in [4.78, 5) is 27.2. The van der Waals surface area contributed by atoms with Gasteiger partial charge in [0.15, 0.2) is 0 Å². The fourth-order valence-corrected chi connectivity index (χ4v) is 5.86. The molecule has 0 saturated carbocycles. The Morgan fingerprint density at radius 1 is 0.895 bits per heavy atom. The first-order valence-electron chi connectivity index (χ1n) is 13.3. The van der Waals surface area contributed by atoms with Gasteiger partial charge in [-0.3, -0.25) is 4.79 Å². The van der Waals surface area contributed by atoms with Crippen LogP contribution < -0.4 is 9.47 Å². The van der Waals surface area contributed by atoms with Crippen molar-refractivity contribution in [3.8, 4) is 17.2 Å². The molecule has 0 bridgehead atoms. The number of hydrogen-bond donors (Lipinski definition) is 0. The molecule has 0 aromatic heterocycles. The molecule has 4 rings (SSSR count). The fourth-order valence-electron chi connectivity index (χ4n) is 4.34. The summed E-state index contributed by atoms with van der Waals surface area (Å²) < 4.78 is 17.0. The van der Waals surface area contributed by atoms with Gasteiger partial charge in [-0.25, -0.2) is 4.79 Å². The summed E-state index contributed by atoms with van der Waals surface area (Å²) in [5.74, 6) is 2.08. The van der Waals surface area contributed by atoms with Crippen LogP contribution >= 0.6 is 11.8 Å². The first-order valence-corrected chi connectivity index (χ1v) is 14.2. The second-order valence-corrected chi connectivity index (χ2v) is 10.4. The Bertz CT molecular complexity index is 1180. The van der Waals surface area contributed by atoms with Crippen molar-refractivity contribution in [2.45, 2.75) is 50.2 Å². The van der Waals surface area contributed by atoms with Crippen molar-refractivity contribution < 1.29 is 23.8 Å². The SMILES string of the molecule is CCCC[C@H]1S[C@H](c2cccc(Oc3ccccc3)c2)N(CCCOc2ccc(C(=O)OCC)cc2)C1=O. The summed E-state index contributed by atoms with van der Waals surface area (Å²) in [5, 5.41) is -0.0949. The second kappa shape index (κ2) is 13.9. The molecule has 0 radical (unpaired) electrons. The number of hydrogen-bond acceptors (Lipinski definition) is 6. The molecule has 1 aliphatic heterocycles. The highest BCUT2D eigenvalue weighted by Gasteiger charge is 2.40. The molecule has 2 atom stereocenters. The van der Waals surface area contributed by atoms with E-state index in [0.29, 0.717) is 37.5 Å². The summed E-state index contributed by atoms with van der Waals surface area (Å²) in [7, 11) is 0. The molecule has 1 aliphatic rings. The van der Waals surface area contributed by atoms with Crippen LogP contribution in [0.2, 0.25) is 0 Å². The molecule has 0 aliphatic carbocycles. The third-order valence-corrected chi connectivity index (χ3v) is 7.80. The summed E-state index contributed by atoms with van der Waals surface area (Å²) in [5.41, 5.74) is 1.56. The van der Waals surface area contributed by atoms with Crippen LogP contribution in [-0.2, 0) is 9.53 Å². The van der Waals surface area contributed by atoms with Gasteiger partial charge in [0.1, 0.15) is 22.6 Å². The number of thioether (sulfide) groups is 1. The van der Waals surface area contributed by atoms with E-state index in [-0.39, 0.29) is 22.5 Å². The van der Waals surface area contributed by atoms with Crippen molar-refractivity contribution >= 4 is 23.6 Å². The lowest BCUT2D eigenvalue weighted by Gasteiger charge is -2.24. The van der Waals surface area contributed by atoms with Crippen LogP contribution in [0.15, 0.2) is 78.9 Å². The molecular weight excluding hydrogens is 498 g/mol. The van der Waals surface area contributed by atoms with E-state index in [1.165, 1.54) is 0 Å². The average Bonchev–Trinajstić information content (AvgIpc) is 3.26. The zero-order chi connectivity index (χ0) is 26.7. The van der Waals surface area contributed by atoms with E-state index >= 15 is 0 Å². The smallest absolute Gasteiger partial charge is 0.338 e.